The highest BCUT2D eigenvalue weighted by Crippen LogP contribution is 3.01. The minimum atomic E-state index is 0.917. The molecule has 9 heavy (non-hydrogen) atoms. The van der Waals surface area contributed by atoms with Crippen molar-refractivity contribution < 1.29 is 0 Å². The van der Waals surface area contributed by atoms with E-state index < -0.39 is 0 Å². The Morgan fingerprint density at radius 1 is 1.22 bits per heavy atom. The van der Waals surface area contributed by atoms with Gasteiger partial charge in [0.2, 0.25) is 0 Å². The van der Waals surface area contributed by atoms with Gasteiger partial charge < -0.3 is 0 Å². The maximum absolute atomic E-state index is 2.54. The minimum absolute atomic E-state index is 0.917. The second-order valence-corrected chi connectivity index (χ2v) is 4.97. The zero-order chi connectivity index (χ0) is 5.85. The van der Waals surface area contributed by atoms with Gasteiger partial charge in [-0.25, -0.2) is 0 Å². The predicted octanol–water partition coefficient (Wildman–Crippen LogP) is 2.05. The first-order valence-electron chi connectivity index (χ1n) is 4.30. The normalized spacial score (nSPS) is 87.0. The molecule has 1 spiro atoms. The third-order valence-electron chi connectivity index (χ3n) is 5.36. The molecule has 0 aromatic heterocycles. The van der Waals surface area contributed by atoms with E-state index in [1.807, 2.05) is 0 Å². The van der Waals surface area contributed by atoms with Crippen molar-refractivity contribution >= 4 is 0 Å². The lowest BCUT2D eigenvalue weighted by molar-refractivity contribution is -0.119. The van der Waals surface area contributed by atoms with Crippen molar-refractivity contribution in [1.29, 1.82) is 0 Å². The lowest BCUT2D eigenvalue weighted by Gasteiger charge is -2.60. The molecule has 0 radical (unpaired) electrons. The fourth-order valence-electron chi connectivity index (χ4n) is 5.07. The van der Waals surface area contributed by atoms with Crippen molar-refractivity contribution in [2.45, 2.75) is 26.2 Å². The molecule has 0 nitrogen and oxygen atoms in total. The summed E-state index contributed by atoms with van der Waals surface area (Å²) < 4.78 is 0. The number of hydrogen-bond donors (Lipinski definition) is 0. The van der Waals surface area contributed by atoms with Crippen LogP contribution in [-0.2, 0) is 0 Å². The van der Waals surface area contributed by atoms with Crippen LogP contribution in [0.1, 0.15) is 26.2 Å². The zero-order valence-corrected chi connectivity index (χ0v) is 5.85. The molecular weight excluding hydrogens is 108 g/mol. The van der Waals surface area contributed by atoms with Gasteiger partial charge in [0, 0.05) is 0 Å². The van der Waals surface area contributed by atoms with Gasteiger partial charge in [-0.15, -0.1) is 0 Å². The van der Waals surface area contributed by atoms with Gasteiger partial charge in [0.05, 0.1) is 0 Å². The summed E-state index contributed by atoms with van der Waals surface area (Å²) in [5.74, 6) is 3.69. The second kappa shape index (κ2) is 0.681. The van der Waals surface area contributed by atoms with Gasteiger partial charge in [-0.1, -0.05) is 6.92 Å². The molecule has 4 aliphatic carbocycles. The highest BCUT2D eigenvalue weighted by atomic mass is 15.0. The molecule has 4 fully saturated rings. The molecule has 5 unspecified atom stereocenters. The predicted molar refractivity (Wildman–Crippen MR) is 34.9 cm³/mol. The lowest BCUT2D eigenvalue weighted by Crippen LogP contribution is -2.53. The first kappa shape index (κ1) is 4.00. The van der Waals surface area contributed by atoms with Gasteiger partial charge in [-0.05, 0) is 47.8 Å². The molecule has 4 aliphatic rings. The molecule has 0 bridgehead atoms. The summed E-state index contributed by atoms with van der Waals surface area (Å²) >= 11 is 0. The van der Waals surface area contributed by atoms with Gasteiger partial charge in [0.15, 0.2) is 0 Å². The maximum Gasteiger partial charge on any atom is -0.0150 e. The largest absolute Gasteiger partial charge is 0.0588 e. The molecule has 48 valence electrons. The quantitative estimate of drug-likeness (QED) is 0.459. The van der Waals surface area contributed by atoms with Crippen molar-refractivity contribution in [1.82, 2.24) is 0 Å². The van der Waals surface area contributed by atoms with Crippen LogP contribution in [0, 0.1) is 28.6 Å². The fourth-order valence-corrected chi connectivity index (χ4v) is 5.07. The van der Waals surface area contributed by atoms with E-state index in [0.717, 1.165) is 10.8 Å². The molecule has 0 aromatic rings. The second-order valence-electron chi connectivity index (χ2n) is 4.97. The van der Waals surface area contributed by atoms with E-state index in [4.69, 9.17) is 0 Å². The highest BCUT2D eigenvalue weighted by molar-refractivity contribution is 5.42. The summed E-state index contributed by atoms with van der Waals surface area (Å²) in [6, 6.07) is 0. The van der Waals surface area contributed by atoms with Crippen molar-refractivity contribution in [2.24, 2.45) is 28.6 Å². The van der Waals surface area contributed by atoms with E-state index in [1.165, 1.54) is 17.8 Å². The molecular formula is C9H12. The average Bonchev–Trinajstić information content (AvgIpc) is 2.24. The van der Waals surface area contributed by atoms with Gasteiger partial charge >= 0.3 is 0 Å². The third kappa shape index (κ3) is 0.149. The molecule has 0 saturated heterocycles. The fraction of sp³-hybridized carbons (Fsp3) is 1.00. The van der Waals surface area contributed by atoms with Crippen LogP contribution in [0.25, 0.3) is 0 Å². The SMILES string of the molecule is CC12CC3CC4CC1C432. The van der Waals surface area contributed by atoms with Crippen molar-refractivity contribution in [2.75, 3.05) is 0 Å². The van der Waals surface area contributed by atoms with E-state index in [1.54, 1.807) is 19.3 Å². The van der Waals surface area contributed by atoms with Crippen molar-refractivity contribution in [3.8, 4) is 0 Å². The Hall–Kier alpha value is 0. The van der Waals surface area contributed by atoms with Crippen LogP contribution in [-0.4, -0.2) is 0 Å². The topological polar surface area (TPSA) is 0 Å². The van der Waals surface area contributed by atoms with Gasteiger partial charge in [0.25, 0.3) is 0 Å². The van der Waals surface area contributed by atoms with Gasteiger partial charge in [0.1, 0.15) is 0 Å². The monoisotopic (exact) mass is 120 g/mol. The maximum atomic E-state index is 2.54. The molecule has 0 amide bonds. The number of fused-ring (bicyclic) bond motifs is 1. The van der Waals surface area contributed by atoms with Gasteiger partial charge in [-0.2, -0.15) is 0 Å². The average molecular weight is 120 g/mol. The highest BCUT2D eigenvalue weighted by Gasteiger charge is 2.95. The van der Waals surface area contributed by atoms with E-state index >= 15 is 0 Å². The summed E-state index contributed by atoms with van der Waals surface area (Å²) in [5, 5.41) is 0. The van der Waals surface area contributed by atoms with Crippen LogP contribution < -0.4 is 0 Å². The Morgan fingerprint density at radius 3 is 2.44 bits per heavy atom. The summed E-state index contributed by atoms with van der Waals surface area (Å²) in [5.41, 5.74) is 1.94. The zero-order valence-electron chi connectivity index (χ0n) is 5.85. The number of rotatable bonds is 0. The minimum Gasteiger partial charge on any atom is -0.0588 e. The lowest BCUT2D eigenvalue weighted by atomic mass is 9.44. The van der Waals surface area contributed by atoms with Crippen molar-refractivity contribution in [3.63, 3.8) is 0 Å². The Morgan fingerprint density at radius 2 is 2.11 bits per heavy atom. The van der Waals surface area contributed by atoms with E-state index in [-0.39, 0.29) is 0 Å². The van der Waals surface area contributed by atoms with E-state index in [2.05, 4.69) is 6.92 Å². The molecule has 0 N–H and O–H groups in total. The molecule has 0 aromatic carbocycles. The molecule has 0 heterocycles. The molecule has 0 heteroatoms. The Kier molecular flexibility index (Phi) is 0.302. The number of hydrogen-bond acceptors (Lipinski definition) is 0. The van der Waals surface area contributed by atoms with Crippen LogP contribution in [0.15, 0.2) is 0 Å². The molecule has 0 aliphatic heterocycles. The Labute approximate surface area is 55.6 Å². The summed E-state index contributed by atoms with van der Waals surface area (Å²) in [7, 11) is 0. The van der Waals surface area contributed by atoms with E-state index in [0.29, 0.717) is 0 Å². The van der Waals surface area contributed by atoms with Crippen molar-refractivity contribution in [3.05, 3.63) is 0 Å². The summed E-state index contributed by atoms with van der Waals surface area (Å²) in [6.07, 6.45) is 4.84. The van der Waals surface area contributed by atoms with Crippen LogP contribution in [0.3, 0.4) is 0 Å². The Balaban J connectivity index is 1.98. The van der Waals surface area contributed by atoms with Crippen LogP contribution in [0.2, 0.25) is 0 Å². The standard InChI is InChI=1S/C9H12/c1-8-4-6-2-5-3-7(8)9(5,6)8/h5-7H,2-4H2,1H3. The summed E-state index contributed by atoms with van der Waals surface area (Å²) in [6.45, 7) is 2.54. The van der Waals surface area contributed by atoms with E-state index in [9.17, 15) is 0 Å². The van der Waals surface area contributed by atoms with Crippen LogP contribution >= 0.6 is 0 Å². The summed E-state index contributed by atoms with van der Waals surface area (Å²) in [4.78, 5) is 0. The molecule has 4 saturated carbocycles. The Bertz CT molecular complexity index is 214. The first-order chi connectivity index (χ1) is 4.30. The first-order valence-corrected chi connectivity index (χ1v) is 4.30. The van der Waals surface area contributed by atoms with Crippen LogP contribution in [0.4, 0.5) is 0 Å². The van der Waals surface area contributed by atoms with Gasteiger partial charge in [-0.3, -0.25) is 0 Å². The molecule has 4 rings (SSSR count). The molecule has 5 atom stereocenters. The smallest absolute Gasteiger partial charge is 0.0150 e. The third-order valence-corrected chi connectivity index (χ3v) is 5.36. The van der Waals surface area contributed by atoms with Crippen LogP contribution in [0.5, 0.6) is 0 Å².